The lowest BCUT2D eigenvalue weighted by molar-refractivity contribution is 0.102. The third-order valence-corrected chi connectivity index (χ3v) is 2.78. The third kappa shape index (κ3) is 3.33. The van der Waals surface area contributed by atoms with Crippen LogP contribution in [0.4, 0.5) is 5.69 Å². The molecule has 0 radical (unpaired) electrons. The first-order valence-corrected chi connectivity index (χ1v) is 5.97. The molecule has 0 atom stereocenters. The van der Waals surface area contributed by atoms with Crippen molar-refractivity contribution in [3.05, 3.63) is 59.7 Å². The number of rotatable bonds is 4. The predicted molar refractivity (Wildman–Crippen MR) is 75.3 cm³/mol. The molecule has 0 saturated heterocycles. The second-order valence-corrected chi connectivity index (χ2v) is 4.09. The Balaban J connectivity index is 2.11. The number of hydrogen-bond acceptors (Lipinski definition) is 3. The molecular formula is C15H16N2O2. The minimum Gasteiger partial charge on any atom is -0.497 e. The van der Waals surface area contributed by atoms with Gasteiger partial charge in [-0.1, -0.05) is 18.2 Å². The van der Waals surface area contributed by atoms with Crippen molar-refractivity contribution in [2.45, 2.75) is 6.54 Å². The summed E-state index contributed by atoms with van der Waals surface area (Å²) >= 11 is 0. The Kier molecular flexibility index (Phi) is 4.15. The maximum Gasteiger partial charge on any atom is 0.255 e. The SMILES string of the molecule is COc1cccc(NC(=O)c2ccc(CN)cc2)c1. The van der Waals surface area contributed by atoms with E-state index < -0.39 is 0 Å². The van der Waals surface area contributed by atoms with Crippen LogP contribution in [0.25, 0.3) is 0 Å². The van der Waals surface area contributed by atoms with E-state index in [-0.39, 0.29) is 5.91 Å². The van der Waals surface area contributed by atoms with Gasteiger partial charge in [0.1, 0.15) is 5.75 Å². The number of nitrogens with two attached hydrogens (primary N) is 1. The fourth-order valence-corrected chi connectivity index (χ4v) is 1.70. The highest BCUT2D eigenvalue weighted by Gasteiger charge is 2.06. The normalized spacial score (nSPS) is 10.0. The smallest absolute Gasteiger partial charge is 0.255 e. The molecule has 0 aliphatic carbocycles. The number of ether oxygens (including phenoxy) is 1. The fourth-order valence-electron chi connectivity index (χ4n) is 1.70. The van der Waals surface area contributed by atoms with E-state index in [4.69, 9.17) is 10.5 Å². The summed E-state index contributed by atoms with van der Waals surface area (Å²) in [6.45, 7) is 0.470. The van der Waals surface area contributed by atoms with Gasteiger partial charge in [-0.2, -0.15) is 0 Å². The Labute approximate surface area is 112 Å². The zero-order chi connectivity index (χ0) is 13.7. The minimum atomic E-state index is -0.156. The molecular weight excluding hydrogens is 240 g/mol. The van der Waals surface area contributed by atoms with Crippen LogP contribution in [0.2, 0.25) is 0 Å². The van der Waals surface area contributed by atoms with Crippen LogP contribution in [0.3, 0.4) is 0 Å². The molecule has 0 heterocycles. The largest absolute Gasteiger partial charge is 0.497 e. The van der Waals surface area contributed by atoms with E-state index in [1.165, 1.54) is 0 Å². The maximum atomic E-state index is 12.0. The van der Waals surface area contributed by atoms with E-state index in [1.54, 1.807) is 25.3 Å². The van der Waals surface area contributed by atoms with Crippen molar-refractivity contribution in [1.82, 2.24) is 0 Å². The molecule has 19 heavy (non-hydrogen) atoms. The van der Waals surface area contributed by atoms with Crippen molar-refractivity contribution in [2.24, 2.45) is 5.73 Å². The van der Waals surface area contributed by atoms with Gasteiger partial charge in [0.2, 0.25) is 0 Å². The van der Waals surface area contributed by atoms with Gasteiger partial charge in [-0.25, -0.2) is 0 Å². The lowest BCUT2D eigenvalue weighted by Crippen LogP contribution is -2.12. The second-order valence-electron chi connectivity index (χ2n) is 4.09. The van der Waals surface area contributed by atoms with Gasteiger partial charge in [-0.05, 0) is 29.8 Å². The minimum absolute atomic E-state index is 0.156. The van der Waals surface area contributed by atoms with Gasteiger partial charge in [0.25, 0.3) is 5.91 Å². The van der Waals surface area contributed by atoms with E-state index in [9.17, 15) is 4.79 Å². The van der Waals surface area contributed by atoms with Crippen LogP contribution in [0.1, 0.15) is 15.9 Å². The van der Waals surface area contributed by atoms with Gasteiger partial charge >= 0.3 is 0 Å². The van der Waals surface area contributed by atoms with Crippen LogP contribution in [0.5, 0.6) is 5.75 Å². The molecule has 4 heteroatoms. The average molecular weight is 256 g/mol. The molecule has 0 aromatic heterocycles. The lowest BCUT2D eigenvalue weighted by atomic mass is 10.1. The molecule has 2 rings (SSSR count). The first-order valence-electron chi connectivity index (χ1n) is 5.97. The van der Waals surface area contributed by atoms with Crippen LogP contribution >= 0.6 is 0 Å². The van der Waals surface area contributed by atoms with Crippen LogP contribution in [-0.4, -0.2) is 13.0 Å². The number of benzene rings is 2. The Bertz CT molecular complexity index is 565. The summed E-state index contributed by atoms with van der Waals surface area (Å²) < 4.78 is 5.11. The highest BCUT2D eigenvalue weighted by Crippen LogP contribution is 2.17. The monoisotopic (exact) mass is 256 g/mol. The van der Waals surface area contributed by atoms with Crippen molar-refractivity contribution in [3.8, 4) is 5.75 Å². The number of hydrogen-bond donors (Lipinski definition) is 2. The Morgan fingerprint density at radius 2 is 1.95 bits per heavy atom. The van der Waals surface area contributed by atoms with Crippen LogP contribution in [-0.2, 0) is 6.54 Å². The van der Waals surface area contributed by atoms with Gasteiger partial charge in [0.15, 0.2) is 0 Å². The van der Waals surface area contributed by atoms with Gasteiger partial charge in [-0.3, -0.25) is 4.79 Å². The molecule has 98 valence electrons. The van der Waals surface area contributed by atoms with Crippen LogP contribution in [0, 0.1) is 0 Å². The van der Waals surface area contributed by atoms with Gasteiger partial charge in [0.05, 0.1) is 7.11 Å². The van der Waals surface area contributed by atoms with Crippen molar-refractivity contribution in [3.63, 3.8) is 0 Å². The van der Waals surface area contributed by atoms with E-state index in [0.717, 1.165) is 5.56 Å². The molecule has 0 fully saturated rings. The molecule has 0 aliphatic heterocycles. The Morgan fingerprint density at radius 1 is 1.21 bits per heavy atom. The van der Waals surface area contributed by atoms with Gasteiger partial charge in [0, 0.05) is 23.9 Å². The van der Waals surface area contributed by atoms with Crippen LogP contribution in [0.15, 0.2) is 48.5 Å². The highest BCUT2D eigenvalue weighted by molar-refractivity contribution is 6.04. The second kappa shape index (κ2) is 6.02. The van der Waals surface area contributed by atoms with Crippen molar-refractivity contribution in [1.29, 1.82) is 0 Å². The van der Waals surface area contributed by atoms with E-state index in [1.807, 2.05) is 30.3 Å². The maximum absolute atomic E-state index is 12.0. The zero-order valence-corrected chi connectivity index (χ0v) is 10.7. The average Bonchev–Trinajstić information content (AvgIpc) is 2.47. The first-order chi connectivity index (χ1) is 9.22. The topological polar surface area (TPSA) is 64.3 Å². The van der Waals surface area contributed by atoms with Gasteiger partial charge < -0.3 is 15.8 Å². The molecule has 1 amide bonds. The van der Waals surface area contributed by atoms with Crippen molar-refractivity contribution >= 4 is 11.6 Å². The molecule has 2 aromatic carbocycles. The number of methoxy groups -OCH3 is 1. The van der Waals surface area contributed by atoms with Crippen LogP contribution < -0.4 is 15.8 Å². The molecule has 0 spiro atoms. The molecule has 2 aromatic rings. The van der Waals surface area contributed by atoms with E-state index in [0.29, 0.717) is 23.5 Å². The van der Waals surface area contributed by atoms with E-state index in [2.05, 4.69) is 5.32 Å². The van der Waals surface area contributed by atoms with Crippen molar-refractivity contribution in [2.75, 3.05) is 12.4 Å². The summed E-state index contributed by atoms with van der Waals surface area (Å²) in [5.41, 5.74) is 7.81. The molecule has 0 aliphatic rings. The van der Waals surface area contributed by atoms with Crippen molar-refractivity contribution < 1.29 is 9.53 Å². The third-order valence-electron chi connectivity index (χ3n) is 2.78. The summed E-state index contributed by atoms with van der Waals surface area (Å²) in [4.78, 5) is 12.0. The fraction of sp³-hybridized carbons (Fsp3) is 0.133. The molecule has 4 nitrogen and oxygen atoms in total. The first kappa shape index (κ1) is 13.1. The molecule has 0 bridgehead atoms. The number of carbonyl (C=O) groups excluding carboxylic acids is 1. The molecule has 3 N–H and O–H groups in total. The standard InChI is InChI=1S/C15H16N2O2/c1-19-14-4-2-3-13(9-14)17-15(18)12-7-5-11(10-16)6-8-12/h2-9H,10,16H2,1H3,(H,17,18). The molecule has 0 saturated carbocycles. The Hall–Kier alpha value is -2.33. The highest BCUT2D eigenvalue weighted by atomic mass is 16.5. The number of carbonyl (C=O) groups is 1. The summed E-state index contributed by atoms with van der Waals surface area (Å²) in [6, 6.07) is 14.5. The number of anilines is 1. The Morgan fingerprint density at radius 3 is 2.58 bits per heavy atom. The lowest BCUT2D eigenvalue weighted by Gasteiger charge is -2.07. The zero-order valence-electron chi connectivity index (χ0n) is 10.7. The summed E-state index contributed by atoms with van der Waals surface area (Å²) in [6.07, 6.45) is 0. The predicted octanol–water partition coefficient (Wildman–Crippen LogP) is 2.41. The number of amides is 1. The quantitative estimate of drug-likeness (QED) is 0.883. The number of nitrogens with one attached hydrogen (secondary N) is 1. The summed E-state index contributed by atoms with van der Waals surface area (Å²) in [5.74, 6) is 0.549. The van der Waals surface area contributed by atoms with E-state index >= 15 is 0 Å². The summed E-state index contributed by atoms with van der Waals surface area (Å²) in [7, 11) is 1.59. The van der Waals surface area contributed by atoms with Gasteiger partial charge in [-0.15, -0.1) is 0 Å². The summed E-state index contributed by atoms with van der Waals surface area (Å²) in [5, 5.41) is 2.82. The molecule has 0 unspecified atom stereocenters.